The Hall–Kier alpha value is -2.56. The number of hydrogen-bond donors (Lipinski definition) is 2. The van der Waals surface area contributed by atoms with E-state index in [1.165, 1.54) is 0 Å². The van der Waals surface area contributed by atoms with E-state index < -0.39 is 16.7 Å². The summed E-state index contributed by atoms with van der Waals surface area (Å²) in [5.74, 6) is -0.0610. The molecule has 3 aromatic rings. The van der Waals surface area contributed by atoms with Gasteiger partial charge in [-0.3, -0.25) is 4.79 Å². The number of nitrogens with two attached hydrogens (primary N) is 2. The van der Waals surface area contributed by atoms with Crippen LogP contribution in [0.5, 0.6) is 0 Å². The molecule has 0 fully saturated rings. The molecular formula is C22H22N2OS. The van der Waals surface area contributed by atoms with Crippen LogP contribution >= 0.6 is 11.8 Å². The minimum Gasteiger partial charge on any atom is -0.368 e. The second kappa shape index (κ2) is 8.21. The quantitative estimate of drug-likeness (QED) is 0.632. The SMILES string of the molecule is NC(=O)[C@H](N)CSC(c1ccccc1)(c1ccccc1)c1ccccc1. The largest absolute Gasteiger partial charge is 0.368 e. The normalized spacial score (nSPS) is 12.5. The number of primary amides is 1. The lowest BCUT2D eigenvalue weighted by Gasteiger charge is -2.36. The van der Waals surface area contributed by atoms with Crippen LogP contribution in [0.3, 0.4) is 0 Å². The van der Waals surface area contributed by atoms with Crippen molar-refractivity contribution >= 4 is 17.7 Å². The Balaban J connectivity index is 2.19. The summed E-state index contributed by atoms with van der Waals surface area (Å²) in [5.41, 5.74) is 14.8. The standard InChI is InChI=1S/C22H22N2OS/c23-20(21(24)25)16-26-22(17-10-4-1-5-11-17,18-12-6-2-7-13-18)19-14-8-3-9-15-19/h1-15,20H,16,23H2,(H2,24,25)/t20-/m1/s1. The Morgan fingerprint density at radius 3 is 1.42 bits per heavy atom. The van der Waals surface area contributed by atoms with Crippen LogP contribution in [0.2, 0.25) is 0 Å². The topological polar surface area (TPSA) is 69.1 Å². The molecule has 3 rings (SSSR count). The molecular weight excluding hydrogens is 340 g/mol. The molecule has 26 heavy (non-hydrogen) atoms. The summed E-state index contributed by atoms with van der Waals surface area (Å²) in [7, 11) is 0. The van der Waals surface area contributed by atoms with E-state index in [2.05, 4.69) is 36.4 Å². The van der Waals surface area contributed by atoms with Gasteiger partial charge in [-0.25, -0.2) is 0 Å². The number of rotatable bonds is 7. The van der Waals surface area contributed by atoms with Gasteiger partial charge in [0.1, 0.15) is 0 Å². The summed E-state index contributed by atoms with van der Waals surface area (Å²) in [6.07, 6.45) is 0. The van der Waals surface area contributed by atoms with Gasteiger partial charge in [0.05, 0.1) is 10.8 Å². The van der Waals surface area contributed by atoms with Gasteiger partial charge < -0.3 is 11.5 Å². The summed E-state index contributed by atoms with van der Waals surface area (Å²) in [6.45, 7) is 0. The predicted octanol–water partition coefficient (Wildman–Crippen LogP) is 3.52. The molecule has 1 amide bonds. The smallest absolute Gasteiger partial charge is 0.235 e. The third-order valence-corrected chi connectivity index (χ3v) is 6.05. The van der Waals surface area contributed by atoms with E-state index in [-0.39, 0.29) is 0 Å². The number of carbonyl (C=O) groups is 1. The highest BCUT2D eigenvalue weighted by atomic mass is 32.2. The molecule has 0 bridgehead atoms. The first-order valence-corrected chi connectivity index (χ1v) is 9.48. The van der Waals surface area contributed by atoms with Crippen LogP contribution < -0.4 is 11.5 Å². The molecule has 0 spiro atoms. The molecule has 0 aliphatic carbocycles. The molecule has 0 aromatic heterocycles. The van der Waals surface area contributed by atoms with Crippen molar-refractivity contribution in [3.05, 3.63) is 108 Å². The highest BCUT2D eigenvalue weighted by Crippen LogP contribution is 2.48. The number of benzene rings is 3. The molecule has 4 N–H and O–H groups in total. The maximum atomic E-state index is 11.5. The van der Waals surface area contributed by atoms with Gasteiger partial charge >= 0.3 is 0 Å². The molecule has 1 atom stereocenters. The summed E-state index contributed by atoms with van der Waals surface area (Å²) >= 11 is 1.64. The molecule has 0 aliphatic rings. The van der Waals surface area contributed by atoms with E-state index >= 15 is 0 Å². The highest BCUT2D eigenvalue weighted by molar-refractivity contribution is 8.00. The van der Waals surface area contributed by atoms with Crippen molar-refractivity contribution in [1.29, 1.82) is 0 Å². The van der Waals surface area contributed by atoms with Crippen LogP contribution in [-0.4, -0.2) is 17.7 Å². The molecule has 0 heterocycles. The Kier molecular flexibility index (Phi) is 5.76. The number of thioether (sulfide) groups is 1. The Morgan fingerprint density at radius 2 is 1.12 bits per heavy atom. The molecule has 4 heteroatoms. The zero-order valence-corrected chi connectivity index (χ0v) is 15.2. The van der Waals surface area contributed by atoms with Crippen LogP contribution in [0.15, 0.2) is 91.0 Å². The second-order valence-corrected chi connectivity index (χ2v) is 7.33. The number of amides is 1. The maximum absolute atomic E-state index is 11.5. The fraction of sp³-hybridized carbons (Fsp3) is 0.136. The van der Waals surface area contributed by atoms with E-state index in [1.54, 1.807) is 11.8 Å². The summed E-state index contributed by atoms with van der Waals surface area (Å²) in [5, 5.41) is 0. The lowest BCUT2D eigenvalue weighted by molar-refractivity contribution is -0.118. The van der Waals surface area contributed by atoms with Crippen LogP contribution in [0, 0.1) is 0 Å². The third kappa shape index (κ3) is 3.66. The predicted molar refractivity (Wildman–Crippen MR) is 109 cm³/mol. The lowest BCUT2D eigenvalue weighted by atomic mass is 9.84. The van der Waals surface area contributed by atoms with Gasteiger partial charge in [-0.05, 0) is 16.7 Å². The van der Waals surface area contributed by atoms with Gasteiger partial charge in [-0.1, -0.05) is 91.0 Å². The lowest BCUT2D eigenvalue weighted by Crippen LogP contribution is -2.40. The zero-order chi connectivity index (χ0) is 18.4. The monoisotopic (exact) mass is 362 g/mol. The van der Waals surface area contributed by atoms with Crippen molar-refractivity contribution in [3.63, 3.8) is 0 Å². The van der Waals surface area contributed by atoms with Crippen LogP contribution in [0.1, 0.15) is 16.7 Å². The summed E-state index contributed by atoms with van der Waals surface area (Å²) < 4.78 is -0.475. The van der Waals surface area contributed by atoms with Crippen molar-refractivity contribution in [3.8, 4) is 0 Å². The van der Waals surface area contributed by atoms with Crippen LogP contribution in [0.25, 0.3) is 0 Å². The third-order valence-electron chi connectivity index (χ3n) is 4.39. The van der Waals surface area contributed by atoms with E-state index in [0.29, 0.717) is 5.75 Å². The zero-order valence-electron chi connectivity index (χ0n) is 14.4. The molecule has 132 valence electrons. The molecule has 3 aromatic carbocycles. The van der Waals surface area contributed by atoms with E-state index in [1.807, 2.05) is 54.6 Å². The first kappa shape index (κ1) is 18.2. The van der Waals surface area contributed by atoms with Gasteiger partial charge in [-0.15, -0.1) is 11.8 Å². The Morgan fingerprint density at radius 1 is 0.769 bits per heavy atom. The van der Waals surface area contributed by atoms with Crippen LogP contribution in [-0.2, 0) is 9.54 Å². The van der Waals surface area contributed by atoms with Crippen LogP contribution in [0.4, 0.5) is 0 Å². The van der Waals surface area contributed by atoms with Gasteiger partial charge in [-0.2, -0.15) is 0 Å². The van der Waals surface area contributed by atoms with Crippen molar-refractivity contribution in [1.82, 2.24) is 0 Å². The number of hydrogen-bond acceptors (Lipinski definition) is 3. The minimum absolute atomic E-state index is 0.425. The molecule has 0 aliphatic heterocycles. The average Bonchev–Trinajstić information content (AvgIpc) is 2.70. The van der Waals surface area contributed by atoms with Gasteiger partial charge in [0.15, 0.2) is 0 Å². The molecule has 0 saturated carbocycles. The fourth-order valence-electron chi connectivity index (χ4n) is 3.07. The first-order chi connectivity index (χ1) is 12.6. The maximum Gasteiger partial charge on any atom is 0.235 e. The van der Waals surface area contributed by atoms with Gasteiger partial charge in [0.2, 0.25) is 5.91 Å². The average molecular weight is 362 g/mol. The molecule has 0 radical (unpaired) electrons. The van der Waals surface area contributed by atoms with E-state index in [0.717, 1.165) is 16.7 Å². The van der Waals surface area contributed by atoms with E-state index in [9.17, 15) is 4.79 Å². The van der Waals surface area contributed by atoms with Crippen molar-refractivity contribution in [2.75, 3.05) is 5.75 Å². The van der Waals surface area contributed by atoms with Crippen molar-refractivity contribution in [2.45, 2.75) is 10.8 Å². The Labute approximate surface area is 158 Å². The summed E-state index contributed by atoms with van der Waals surface area (Å²) in [6, 6.07) is 30.2. The molecule has 0 unspecified atom stereocenters. The molecule has 0 saturated heterocycles. The summed E-state index contributed by atoms with van der Waals surface area (Å²) in [4.78, 5) is 11.5. The second-order valence-electron chi connectivity index (χ2n) is 6.10. The number of carbonyl (C=O) groups excluding carboxylic acids is 1. The van der Waals surface area contributed by atoms with Gasteiger partial charge in [0.25, 0.3) is 0 Å². The Bertz CT molecular complexity index is 741. The van der Waals surface area contributed by atoms with Gasteiger partial charge in [0, 0.05) is 5.75 Å². The fourth-order valence-corrected chi connectivity index (χ4v) is 4.57. The first-order valence-electron chi connectivity index (χ1n) is 8.50. The molecule has 3 nitrogen and oxygen atoms in total. The minimum atomic E-state index is -0.699. The highest BCUT2D eigenvalue weighted by Gasteiger charge is 2.37. The van der Waals surface area contributed by atoms with Crippen molar-refractivity contribution in [2.24, 2.45) is 11.5 Å². The van der Waals surface area contributed by atoms with E-state index in [4.69, 9.17) is 11.5 Å². The van der Waals surface area contributed by atoms with Crippen molar-refractivity contribution < 1.29 is 4.79 Å².